The summed E-state index contributed by atoms with van der Waals surface area (Å²) in [6, 6.07) is 19.1. The Morgan fingerprint density at radius 1 is 1.00 bits per heavy atom. The van der Waals surface area contributed by atoms with E-state index >= 15 is 0 Å². The highest BCUT2D eigenvalue weighted by Crippen LogP contribution is 2.30. The van der Waals surface area contributed by atoms with Crippen LogP contribution < -0.4 is 4.72 Å². The molecule has 4 rings (SSSR count). The van der Waals surface area contributed by atoms with Gasteiger partial charge in [0.25, 0.3) is 5.69 Å². The van der Waals surface area contributed by atoms with Crippen LogP contribution in [0.3, 0.4) is 0 Å². The third-order valence-electron chi connectivity index (χ3n) is 5.49. The predicted molar refractivity (Wildman–Crippen MR) is 117 cm³/mol. The zero-order chi connectivity index (χ0) is 21.8. The Hall–Kier alpha value is -2.85. The number of para-hydroxylation sites is 1. The van der Waals surface area contributed by atoms with E-state index in [4.69, 9.17) is 4.74 Å². The highest BCUT2D eigenvalue weighted by Gasteiger charge is 2.29. The van der Waals surface area contributed by atoms with Crippen molar-refractivity contribution in [3.8, 4) is 0 Å². The molecule has 0 aliphatic carbocycles. The van der Waals surface area contributed by atoms with E-state index in [1.165, 1.54) is 24.3 Å². The summed E-state index contributed by atoms with van der Waals surface area (Å²) in [6.45, 7) is 2.56. The number of nitro benzene ring substituents is 1. The van der Waals surface area contributed by atoms with Crippen LogP contribution in [0.2, 0.25) is 0 Å². The van der Waals surface area contributed by atoms with Crippen LogP contribution in [-0.4, -0.2) is 51.1 Å². The van der Waals surface area contributed by atoms with Crippen LogP contribution in [0.1, 0.15) is 11.6 Å². The van der Waals surface area contributed by atoms with Gasteiger partial charge in [0.15, 0.2) is 4.90 Å². The fraction of sp³-hybridized carbons (Fsp3) is 0.273. The van der Waals surface area contributed by atoms with Crippen molar-refractivity contribution in [2.45, 2.75) is 10.9 Å². The van der Waals surface area contributed by atoms with Gasteiger partial charge in [0.1, 0.15) is 0 Å². The van der Waals surface area contributed by atoms with Crippen molar-refractivity contribution < 1.29 is 18.1 Å². The van der Waals surface area contributed by atoms with Gasteiger partial charge in [-0.2, -0.15) is 0 Å². The molecule has 1 N–H and O–H groups in total. The molecule has 9 heteroatoms. The van der Waals surface area contributed by atoms with E-state index in [2.05, 4.69) is 9.62 Å². The number of benzene rings is 3. The maximum absolute atomic E-state index is 13.0. The molecule has 1 fully saturated rings. The number of sulfonamides is 1. The van der Waals surface area contributed by atoms with Crippen molar-refractivity contribution in [3.63, 3.8) is 0 Å². The first-order chi connectivity index (χ1) is 15.0. The van der Waals surface area contributed by atoms with Crippen LogP contribution in [0.5, 0.6) is 0 Å². The van der Waals surface area contributed by atoms with E-state index in [1.807, 2.05) is 42.5 Å². The molecule has 0 radical (unpaired) electrons. The highest BCUT2D eigenvalue weighted by atomic mass is 32.2. The molecule has 31 heavy (non-hydrogen) atoms. The average molecular weight is 442 g/mol. The number of rotatable bonds is 7. The number of nitrogens with zero attached hydrogens (tertiary/aromatic N) is 2. The van der Waals surface area contributed by atoms with Gasteiger partial charge in [-0.1, -0.05) is 54.6 Å². The van der Waals surface area contributed by atoms with Gasteiger partial charge in [0.2, 0.25) is 10.0 Å². The van der Waals surface area contributed by atoms with Gasteiger partial charge in [-0.05, 0) is 22.4 Å². The second-order valence-corrected chi connectivity index (χ2v) is 9.04. The van der Waals surface area contributed by atoms with Gasteiger partial charge in [0, 0.05) is 31.7 Å². The lowest BCUT2D eigenvalue weighted by Gasteiger charge is -2.35. The molecule has 0 bridgehead atoms. The Bertz CT molecular complexity index is 1190. The molecular weight excluding hydrogens is 418 g/mol. The molecule has 1 heterocycles. The normalized spacial score (nSPS) is 16.3. The maximum atomic E-state index is 13.0. The number of hydrogen-bond acceptors (Lipinski definition) is 6. The van der Waals surface area contributed by atoms with Gasteiger partial charge < -0.3 is 4.74 Å². The third kappa shape index (κ3) is 4.59. The van der Waals surface area contributed by atoms with E-state index in [9.17, 15) is 18.5 Å². The molecule has 162 valence electrons. The molecule has 0 saturated carbocycles. The quantitative estimate of drug-likeness (QED) is 0.447. The lowest BCUT2D eigenvalue weighted by atomic mass is 9.97. The number of hydrogen-bond donors (Lipinski definition) is 1. The van der Waals surface area contributed by atoms with Gasteiger partial charge in [-0.15, -0.1) is 0 Å². The molecule has 3 aromatic rings. The molecule has 3 aromatic carbocycles. The highest BCUT2D eigenvalue weighted by molar-refractivity contribution is 7.89. The fourth-order valence-electron chi connectivity index (χ4n) is 3.97. The van der Waals surface area contributed by atoms with E-state index in [0.29, 0.717) is 26.3 Å². The zero-order valence-electron chi connectivity index (χ0n) is 16.8. The Kier molecular flexibility index (Phi) is 6.28. The minimum absolute atomic E-state index is 0.0857. The van der Waals surface area contributed by atoms with E-state index in [-0.39, 0.29) is 17.5 Å². The third-order valence-corrected chi connectivity index (χ3v) is 6.96. The van der Waals surface area contributed by atoms with Crippen molar-refractivity contribution in [1.82, 2.24) is 9.62 Å². The van der Waals surface area contributed by atoms with Crippen LogP contribution >= 0.6 is 0 Å². The van der Waals surface area contributed by atoms with Gasteiger partial charge in [-0.3, -0.25) is 15.0 Å². The predicted octanol–water partition coefficient (Wildman–Crippen LogP) is 3.10. The second kappa shape index (κ2) is 9.11. The number of fused-ring (bicyclic) bond motifs is 1. The van der Waals surface area contributed by atoms with E-state index < -0.39 is 20.6 Å². The Morgan fingerprint density at radius 3 is 2.45 bits per heavy atom. The van der Waals surface area contributed by atoms with Gasteiger partial charge in [-0.25, -0.2) is 13.1 Å². The van der Waals surface area contributed by atoms with Crippen molar-refractivity contribution in [2.75, 3.05) is 32.8 Å². The van der Waals surface area contributed by atoms with Gasteiger partial charge in [0.05, 0.1) is 18.1 Å². The summed E-state index contributed by atoms with van der Waals surface area (Å²) >= 11 is 0. The minimum Gasteiger partial charge on any atom is -0.379 e. The summed E-state index contributed by atoms with van der Waals surface area (Å²) in [7, 11) is -4.08. The largest absolute Gasteiger partial charge is 0.379 e. The summed E-state index contributed by atoms with van der Waals surface area (Å²) in [5.41, 5.74) is 0.563. The zero-order valence-corrected chi connectivity index (χ0v) is 17.6. The van der Waals surface area contributed by atoms with E-state index in [1.54, 1.807) is 0 Å². The number of nitro groups is 1. The first kappa shape index (κ1) is 21.4. The van der Waals surface area contributed by atoms with Crippen LogP contribution in [-0.2, 0) is 14.8 Å². The summed E-state index contributed by atoms with van der Waals surface area (Å²) in [6.07, 6.45) is 0. The number of nitrogens with one attached hydrogen (secondary N) is 1. The molecule has 1 unspecified atom stereocenters. The Balaban J connectivity index is 1.68. The van der Waals surface area contributed by atoms with Crippen LogP contribution in [0, 0.1) is 10.1 Å². The monoisotopic (exact) mass is 441 g/mol. The summed E-state index contributed by atoms with van der Waals surface area (Å²) in [5, 5.41) is 13.4. The SMILES string of the molecule is O=[N+]([O-])c1ccccc1S(=O)(=O)NCC(c1cccc2ccccc12)N1CCOCC1. The van der Waals surface area contributed by atoms with Crippen molar-refractivity contribution >= 4 is 26.5 Å². The Morgan fingerprint density at radius 2 is 1.68 bits per heavy atom. The Labute approximate surface area is 180 Å². The molecular formula is C22H23N3O5S. The molecule has 8 nitrogen and oxygen atoms in total. The molecule has 1 saturated heterocycles. The lowest BCUT2D eigenvalue weighted by molar-refractivity contribution is -0.387. The summed E-state index contributed by atoms with van der Waals surface area (Å²) in [5.74, 6) is 0. The summed E-state index contributed by atoms with van der Waals surface area (Å²) < 4.78 is 34.1. The fourth-order valence-corrected chi connectivity index (χ4v) is 5.18. The molecule has 1 aliphatic heterocycles. The molecule has 0 spiro atoms. The van der Waals surface area contributed by atoms with Crippen LogP contribution in [0.4, 0.5) is 5.69 Å². The van der Waals surface area contributed by atoms with E-state index in [0.717, 1.165) is 16.3 Å². The van der Waals surface area contributed by atoms with Crippen molar-refractivity contribution in [2.24, 2.45) is 0 Å². The molecule has 1 aliphatic rings. The smallest absolute Gasteiger partial charge is 0.289 e. The molecule has 0 aromatic heterocycles. The van der Waals surface area contributed by atoms with Crippen molar-refractivity contribution in [1.29, 1.82) is 0 Å². The molecule has 0 amide bonds. The minimum atomic E-state index is -4.08. The van der Waals surface area contributed by atoms with Crippen molar-refractivity contribution in [3.05, 3.63) is 82.4 Å². The first-order valence-electron chi connectivity index (χ1n) is 10.00. The standard InChI is InChI=1S/C22H23N3O5S/c26-25(27)20-10-3-4-11-22(20)31(28,29)23-16-21(24-12-14-30-15-13-24)19-9-5-7-17-6-1-2-8-18(17)19/h1-11,21,23H,12-16H2. The van der Waals surface area contributed by atoms with Crippen LogP contribution in [0.25, 0.3) is 10.8 Å². The van der Waals surface area contributed by atoms with Crippen LogP contribution in [0.15, 0.2) is 71.6 Å². The second-order valence-electron chi connectivity index (χ2n) is 7.31. The number of morpholine rings is 1. The first-order valence-corrected chi connectivity index (χ1v) is 11.5. The number of ether oxygens (including phenoxy) is 1. The van der Waals surface area contributed by atoms with Gasteiger partial charge >= 0.3 is 0 Å². The molecule has 1 atom stereocenters. The average Bonchev–Trinajstić information content (AvgIpc) is 2.80. The maximum Gasteiger partial charge on any atom is 0.289 e. The lowest BCUT2D eigenvalue weighted by Crippen LogP contribution is -2.43. The topological polar surface area (TPSA) is 102 Å². The summed E-state index contributed by atoms with van der Waals surface area (Å²) in [4.78, 5) is 12.5.